The third-order valence-corrected chi connectivity index (χ3v) is 3.84. The van der Waals surface area contributed by atoms with E-state index in [-0.39, 0.29) is 11.3 Å². The molecule has 3 heteroatoms. The molecule has 2 aliphatic rings. The van der Waals surface area contributed by atoms with E-state index >= 15 is 0 Å². The SMILES string of the molecule is CC(C)(C)C(=O)N1CC2CCC(N)C2C1. The lowest BCUT2D eigenvalue weighted by atomic mass is 9.95. The lowest BCUT2D eigenvalue weighted by Crippen LogP contribution is -2.39. The molecule has 2 N–H and O–H groups in total. The summed E-state index contributed by atoms with van der Waals surface area (Å²) in [4.78, 5) is 14.1. The smallest absolute Gasteiger partial charge is 0.227 e. The van der Waals surface area contributed by atoms with Crippen LogP contribution in [-0.4, -0.2) is 29.9 Å². The van der Waals surface area contributed by atoms with Gasteiger partial charge in [-0.15, -0.1) is 0 Å². The van der Waals surface area contributed by atoms with Gasteiger partial charge in [-0.05, 0) is 24.7 Å². The van der Waals surface area contributed by atoms with Gasteiger partial charge in [-0.2, -0.15) is 0 Å². The normalized spacial score (nSPS) is 35.7. The van der Waals surface area contributed by atoms with Gasteiger partial charge in [-0.1, -0.05) is 20.8 Å². The molecule has 0 spiro atoms. The Labute approximate surface area is 92.0 Å². The van der Waals surface area contributed by atoms with Crippen LogP contribution in [0.15, 0.2) is 0 Å². The molecule has 3 atom stereocenters. The van der Waals surface area contributed by atoms with Crippen LogP contribution in [0.25, 0.3) is 0 Å². The standard InChI is InChI=1S/C12H22N2O/c1-12(2,3)11(15)14-6-8-4-5-10(13)9(8)7-14/h8-10H,4-7,13H2,1-3H3. The number of nitrogens with zero attached hydrogens (tertiary/aromatic N) is 1. The van der Waals surface area contributed by atoms with Gasteiger partial charge in [0.2, 0.25) is 5.91 Å². The number of hydrogen-bond acceptors (Lipinski definition) is 2. The van der Waals surface area contributed by atoms with Crippen molar-refractivity contribution >= 4 is 5.91 Å². The maximum Gasteiger partial charge on any atom is 0.227 e. The molecule has 0 aromatic heterocycles. The molecule has 86 valence electrons. The first-order valence-electron chi connectivity index (χ1n) is 5.94. The Morgan fingerprint density at radius 2 is 1.93 bits per heavy atom. The molecule has 3 nitrogen and oxygen atoms in total. The van der Waals surface area contributed by atoms with Gasteiger partial charge in [0.1, 0.15) is 0 Å². The van der Waals surface area contributed by atoms with E-state index in [1.807, 2.05) is 25.7 Å². The van der Waals surface area contributed by atoms with Gasteiger partial charge in [-0.3, -0.25) is 4.79 Å². The second-order valence-electron chi connectivity index (χ2n) is 6.13. The molecule has 0 bridgehead atoms. The molecule has 0 aromatic carbocycles. The zero-order chi connectivity index (χ0) is 11.2. The molecule has 1 aliphatic carbocycles. The van der Waals surface area contributed by atoms with Crippen molar-refractivity contribution in [1.82, 2.24) is 4.90 Å². The van der Waals surface area contributed by atoms with Crippen molar-refractivity contribution in [3.8, 4) is 0 Å². The molecular weight excluding hydrogens is 188 g/mol. The number of carbonyl (C=O) groups is 1. The minimum Gasteiger partial charge on any atom is -0.342 e. The molecule has 1 saturated carbocycles. The fourth-order valence-electron chi connectivity index (χ4n) is 2.95. The van der Waals surface area contributed by atoms with Crippen LogP contribution in [0, 0.1) is 17.3 Å². The highest BCUT2D eigenvalue weighted by atomic mass is 16.2. The predicted molar refractivity (Wildman–Crippen MR) is 60.2 cm³/mol. The number of carbonyl (C=O) groups excluding carboxylic acids is 1. The van der Waals surface area contributed by atoms with Gasteiger partial charge in [0, 0.05) is 24.5 Å². The highest BCUT2D eigenvalue weighted by Crippen LogP contribution is 2.38. The van der Waals surface area contributed by atoms with Gasteiger partial charge in [0.05, 0.1) is 0 Å². The molecule has 0 radical (unpaired) electrons. The van der Waals surface area contributed by atoms with Crippen LogP contribution < -0.4 is 5.73 Å². The summed E-state index contributed by atoms with van der Waals surface area (Å²) in [5.74, 6) is 1.52. The topological polar surface area (TPSA) is 46.3 Å². The summed E-state index contributed by atoms with van der Waals surface area (Å²) >= 11 is 0. The second kappa shape index (κ2) is 3.48. The van der Waals surface area contributed by atoms with Crippen LogP contribution in [0.5, 0.6) is 0 Å². The Hall–Kier alpha value is -0.570. The third kappa shape index (κ3) is 1.89. The second-order valence-corrected chi connectivity index (χ2v) is 6.13. The van der Waals surface area contributed by atoms with Crippen molar-refractivity contribution in [3.63, 3.8) is 0 Å². The van der Waals surface area contributed by atoms with Crippen molar-refractivity contribution < 1.29 is 4.79 Å². The summed E-state index contributed by atoms with van der Waals surface area (Å²) in [6, 6.07) is 0.327. The predicted octanol–water partition coefficient (Wildman–Crippen LogP) is 1.23. The number of fused-ring (bicyclic) bond motifs is 1. The van der Waals surface area contributed by atoms with Crippen molar-refractivity contribution in [2.45, 2.75) is 39.7 Å². The zero-order valence-electron chi connectivity index (χ0n) is 9.99. The van der Waals surface area contributed by atoms with Gasteiger partial charge >= 0.3 is 0 Å². The number of hydrogen-bond donors (Lipinski definition) is 1. The van der Waals surface area contributed by atoms with Gasteiger partial charge in [-0.25, -0.2) is 0 Å². The fraction of sp³-hybridized carbons (Fsp3) is 0.917. The molecule has 1 heterocycles. The summed E-state index contributed by atoms with van der Waals surface area (Å²) < 4.78 is 0. The van der Waals surface area contributed by atoms with Crippen LogP contribution in [0.2, 0.25) is 0 Å². The van der Waals surface area contributed by atoms with Crippen LogP contribution in [0.1, 0.15) is 33.6 Å². The maximum absolute atomic E-state index is 12.1. The zero-order valence-corrected chi connectivity index (χ0v) is 9.99. The lowest BCUT2D eigenvalue weighted by molar-refractivity contribution is -0.138. The Morgan fingerprint density at radius 1 is 1.27 bits per heavy atom. The van der Waals surface area contributed by atoms with Gasteiger partial charge in [0.25, 0.3) is 0 Å². The van der Waals surface area contributed by atoms with E-state index in [0.29, 0.717) is 17.9 Å². The molecule has 15 heavy (non-hydrogen) atoms. The number of likely N-dealkylation sites (tertiary alicyclic amines) is 1. The lowest BCUT2D eigenvalue weighted by Gasteiger charge is -2.26. The van der Waals surface area contributed by atoms with E-state index < -0.39 is 0 Å². The average molecular weight is 210 g/mol. The number of amides is 1. The molecule has 1 amide bonds. The molecule has 0 aromatic rings. The summed E-state index contributed by atoms with van der Waals surface area (Å²) in [5, 5.41) is 0. The van der Waals surface area contributed by atoms with Crippen LogP contribution in [0.4, 0.5) is 0 Å². The van der Waals surface area contributed by atoms with Crippen molar-refractivity contribution in [3.05, 3.63) is 0 Å². The van der Waals surface area contributed by atoms with E-state index in [2.05, 4.69) is 0 Å². The molecule has 1 saturated heterocycles. The largest absolute Gasteiger partial charge is 0.342 e. The van der Waals surface area contributed by atoms with Crippen LogP contribution in [0.3, 0.4) is 0 Å². The quantitative estimate of drug-likeness (QED) is 0.653. The van der Waals surface area contributed by atoms with Crippen LogP contribution in [-0.2, 0) is 4.79 Å². The minimum atomic E-state index is -0.247. The first-order chi connectivity index (χ1) is 6.89. The maximum atomic E-state index is 12.1. The van der Waals surface area contributed by atoms with E-state index in [1.165, 1.54) is 6.42 Å². The molecule has 2 rings (SSSR count). The fourth-order valence-corrected chi connectivity index (χ4v) is 2.95. The number of rotatable bonds is 0. The summed E-state index contributed by atoms with van der Waals surface area (Å²) in [6.07, 6.45) is 2.35. The highest BCUT2D eigenvalue weighted by molar-refractivity contribution is 5.81. The Balaban J connectivity index is 2.02. The molecule has 3 unspecified atom stereocenters. The van der Waals surface area contributed by atoms with E-state index in [4.69, 9.17) is 5.73 Å². The van der Waals surface area contributed by atoms with Crippen LogP contribution >= 0.6 is 0 Å². The first-order valence-corrected chi connectivity index (χ1v) is 5.94. The summed E-state index contributed by atoms with van der Waals surface area (Å²) in [7, 11) is 0. The Kier molecular flexibility index (Phi) is 2.53. The van der Waals surface area contributed by atoms with E-state index in [9.17, 15) is 4.79 Å². The third-order valence-electron chi connectivity index (χ3n) is 3.84. The highest BCUT2D eigenvalue weighted by Gasteiger charge is 2.44. The molecule has 1 aliphatic heterocycles. The Bertz CT molecular complexity index is 269. The monoisotopic (exact) mass is 210 g/mol. The van der Waals surface area contributed by atoms with Gasteiger partial charge < -0.3 is 10.6 Å². The van der Waals surface area contributed by atoms with Gasteiger partial charge in [0.15, 0.2) is 0 Å². The number of nitrogens with two attached hydrogens (primary N) is 1. The summed E-state index contributed by atoms with van der Waals surface area (Å²) in [6.45, 7) is 7.80. The van der Waals surface area contributed by atoms with Crippen molar-refractivity contribution in [2.75, 3.05) is 13.1 Å². The summed E-state index contributed by atoms with van der Waals surface area (Å²) in [5.41, 5.74) is 5.81. The molecule has 2 fully saturated rings. The average Bonchev–Trinajstić information content (AvgIpc) is 2.66. The minimum absolute atomic E-state index is 0.247. The van der Waals surface area contributed by atoms with E-state index in [1.54, 1.807) is 0 Å². The Morgan fingerprint density at radius 3 is 2.47 bits per heavy atom. The van der Waals surface area contributed by atoms with E-state index in [0.717, 1.165) is 19.5 Å². The van der Waals surface area contributed by atoms with Crippen molar-refractivity contribution in [2.24, 2.45) is 23.0 Å². The molecular formula is C12H22N2O. The first kappa shape index (κ1) is 10.9. The van der Waals surface area contributed by atoms with Crippen molar-refractivity contribution in [1.29, 1.82) is 0 Å².